The predicted octanol–water partition coefficient (Wildman–Crippen LogP) is 6.39. The summed E-state index contributed by atoms with van der Waals surface area (Å²) in [6.07, 6.45) is 5.21. The van der Waals surface area contributed by atoms with Gasteiger partial charge in [0.25, 0.3) is 10.0 Å². The van der Waals surface area contributed by atoms with Crippen LogP contribution in [0.1, 0.15) is 54.4 Å². The van der Waals surface area contributed by atoms with Crippen molar-refractivity contribution in [3.05, 3.63) is 82.9 Å². The van der Waals surface area contributed by atoms with E-state index in [1.54, 1.807) is 0 Å². The second kappa shape index (κ2) is 13.3. The molecule has 2 aliphatic rings. The Hall–Kier alpha value is -3.07. The fourth-order valence-electron chi connectivity index (χ4n) is 5.85. The highest BCUT2D eigenvalue weighted by molar-refractivity contribution is 7.92. The molecule has 3 aromatic rings. The highest BCUT2D eigenvalue weighted by Crippen LogP contribution is 2.32. The smallest absolute Gasteiger partial charge is 0.265 e. The fourth-order valence-corrected chi connectivity index (χ4v) is 7.72. The molecule has 2 saturated heterocycles. The van der Waals surface area contributed by atoms with Crippen molar-refractivity contribution in [1.82, 2.24) is 4.90 Å². The average Bonchev–Trinajstić information content (AvgIpc) is 3.46. The summed E-state index contributed by atoms with van der Waals surface area (Å²) in [6, 6.07) is 18.9. The van der Waals surface area contributed by atoms with Gasteiger partial charge in [-0.15, -0.1) is 0 Å². The van der Waals surface area contributed by atoms with Crippen molar-refractivity contribution in [1.29, 1.82) is 0 Å². The molecule has 8 heteroatoms. The maximum Gasteiger partial charge on any atom is 0.265 e. The summed E-state index contributed by atoms with van der Waals surface area (Å²) in [4.78, 5) is 2.75. The topological polar surface area (TPSA) is 68.3 Å². The third kappa shape index (κ3) is 7.42. The lowest BCUT2D eigenvalue weighted by Gasteiger charge is -2.27. The fraction of sp³-hybridized carbons (Fsp3) is 0.455. The summed E-state index contributed by atoms with van der Waals surface area (Å²) < 4.78 is 48.0. The third-order valence-corrected chi connectivity index (χ3v) is 9.86. The van der Waals surface area contributed by atoms with Crippen molar-refractivity contribution in [3.8, 4) is 11.5 Å². The molecule has 0 amide bonds. The number of nitrogens with zero attached hydrogens (tertiary/aromatic N) is 2. The summed E-state index contributed by atoms with van der Waals surface area (Å²) in [5.74, 6) is 1.41. The minimum atomic E-state index is -3.89. The van der Waals surface area contributed by atoms with Gasteiger partial charge in [-0.2, -0.15) is 0 Å². The number of hydrogen-bond donors (Lipinski definition) is 0. The van der Waals surface area contributed by atoms with E-state index in [0.29, 0.717) is 29.5 Å². The number of sulfonamides is 1. The molecule has 1 atom stereocenters. The van der Waals surface area contributed by atoms with Crippen molar-refractivity contribution in [2.45, 2.75) is 70.6 Å². The lowest BCUT2D eigenvalue weighted by molar-refractivity contribution is -0.105. The summed E-state index contributed by atoms with van der Waals surface area (Å²) in [5, 5.41) is 0. The van der Waals surface area contributed by atoms with E-state index in [0.717, 1.165) is 66.9 Å². The van der Waals surface area contributed by atoms with E-state index < -0.39 is 10.0 Å². The summed E-state index contributed by atoms with van der Waals surface area (Å²) in [6.45, 7) is 10.3. The molecule has 0 aromatic heterocycles. The van der Waals surface area contributed by atoms with Gasteiger partial charge in [-0.05, 0) is 113 Å². The second-order valence-electron chi connectivity index (χ2n) is 11.2. The van der Waals surface area contributed by atoms with Crippen LogP contribution in [0.5, 0.6) is 11.5 Å². The highest BCUT2D eigenvalue weighted by atomic mass is 32.2. The molecule has 2 fully saturated rings. The van der Waals surface area contributed by atoms with Gasteiger partial charge >= 0.3 is 0 Å². The first-order valence-electron chi connectivity index (χ1n) is 14.7. The van der Waals surface area contributed by atoms with Crippen molar-refractivity contribution >= 4 is 15.7 Å². The molecule has 5 rings (SSSR count). The molecule has 0 saturated carbocycles. The van der Waals surface area contributed by atoms with Gasteiger partial charge in [-0.3, -0.25) is 9.21 Å². The molecular weight excluding hydrogens is 536 g/mol. The number of aryl methyl sites for hydroxylation is 3. The van der Waals surface area contributed by atoms with Gasteiger partial charge in [-0.25, -0.2) is 8.42 Å². The van der Waals surface area contributed by atoms with Gasteiger partial charge in [0.15, 0.2) is 6.29 Å². The van der Waals surface area contributed by atoms with Gasteiger partial charge in [0.2, 0.25) is 0 Å². The standard InChI is InChI=1S/C33H42N2O5S/c1-25-21-26(2)33(27(3)22-25)41(36,37)35(24-28-9-8-10-31(23-28)40-32-11-4-7-19-39-32)29-12-14-30(15-13-29)38-20-18-34-16-5-6-17-34/h8-10,12-15,21-23,32H,4-7,11,16-20,24H2,1-3H3. The van der Waals surface area contributed by atoms with E-state index >= 15 is 0 Å². The molecule has 3 aromatic carbocycles. The number of ether oxygens (including phenoxy) is 3. The van der Waals surface area contributed by atoms with E-state index in [2.05, 4.69) is 4.90 Å². The highest BCUT2D eigenvalue weighted by Gasteiger charge is 2.29. The zero-order valence-corrected chi connectivity index (χ0v) is 25.3. The Morgan fingerprint density at radius 3 is 2.32 bits per heavy atom. The van der Waals surface area contributed by atoms with E-state index in [4.69, 9.17) is 14.2 Å². The van der Waals surface area contributed by atoms with Crippen LogP contribution in [0.25, 0.3) is 0 Å². The number of anilines is 1. The predicted molar refractivity (Wildman–Crippen MR) is 162 cm³/mol. The molecule has 0 radical (unpaired) electrons. The van der Waals surface area contributed by atoms with Crippen LogP contribution in [-0.4, -0.2) is 52.5 Å². The van der Waals surface area contributed by atoms with Gasteiger partial charge in [0.1, 0.15) is 18.1 Å². The first-order chi connectivity index (χ1) is 19.8. The first-order valence-corrected chi connectivity index (χ1v) is 16.2. The molecule has 1 unspecified atom stereocenters. The Bertz CT molecular complexity index is 1390. The molecule has 0 N–H and O–H groups in total. The van der Waals surface area contributed by atoms with Crippen LogP contribution in [0, 0.1) is 20.8 Å². The SMILES string of the molecule is Cc1cc(C)c(S(=O)(=O)N(Cc2cccc(OC3CCCCO3)c2)c2ccc(OCCN3CCCC3)cc2)c(C)c1. The van der Waals surface area contributed by atoms with E-state index in [-0.39, 0.29) is 12.8 Å². The van der Waals surface area contributed by atoms with Crippen molar-refractivity contribution in [3.63, 3.8) is 0 Å². The summed E-state index contributed by atoms with van der Waals surface area (Å²) in [7, 11) is -3.89. The summed E-state index contributed by atoms with van der Waals surface area (Å²) in [5.41, 5.74) is 3.92. The Labute approximate surface area is 245 Å². The van der Waals surface area contributed by atoms with Crippen molar-refractivity contribution < 1.29 is 22.6 Å². The van der Waals surface area contributed by atoms with Gasteiger partial charge in [0, 0.05) is 13.0 Å². The third-order valence-electron chi connectivity index (χ3n) is 7.78. The largest absolute Gasteiger partial charge is 0.492 e. The number of rotatable bonds is 11. The van der Waals surface area contributed by atoms with Crippen LogP contribution < -0.4 is 13.8 Å². The van der Waals surface area contributed by atoms with Crippen LogP contribution in [-0.2, 0) is 21.3 Å². The zero-order chi connectivity index (χ0) is 28.8. The molecule has 220 valence electrons. The number of hydrogen-bond acceptors (Lipinski definition) is 6. The first kappa shape index (κ1) is 29.4. The maximum absolute atomic E-state index is 14.3. The van der Waals surface area contributed by atoms with Crippen LogP contribution in [0.15, 0.2) is 65.6 Å². The Morgan fingerprint density at radius 2 is 1.63 bits per heavy atom. The molecule has 2 heterocycles. The van der Waals surface area contributed by atoms with Gasteiger partial charge in [-0.1, -0.05) is 29.8 Å². The average molecular weight is 579 g/mol. The summed E-state index contributed by atoms with van der Waals surface area (Å²) >= 11 is 0. The lowest BCUT2D eigenvalue weighted by Crippen LogP contribution is -2.32. The van der Waals surface area contributed by atoms with Gasteiger partial charge in [0.05, 0.1) is 23.7 Å². The molecule has 7 nitrogen and oxygen atoms in total. The minimum absolute atomic E-state index is 0.160. The van der Waals surface area contributed by atoms with E-state index in [1.165, 1.54) is 17.1 Å². The molecular formula is C33H42N2O5S. The minimum Gasteiger partial charge on any atom is -0.492 e. The van der Waals surface area contributed by atoms with Crippen LogP contribution in [0.4, 0.5) is 5.69 Å². The van der Waals surface area contributed by atoms with Crippen LogP contribution >= 0.6 is 0 Å². The monoisotopic (exact) mass is 578 g/mol. The normalized spacial score (nSPS) is 17.9. The second-order valence-corrected chi connectivity index (χ2v) is 13.0. The number of likely N-dealkylation sites (tertiary alicyclic amines) is 1. The molecule has 0 bridgehead atoms. The lowest BCUT2D eigenvalue weighted by atomic mass is 10.1. The quantitative estimate of drug-likeness (QED) is 0.263. The zero-order valence-electron chi connectivity index (χ0n) is 24.5. The van der Waals surface area contributed by atoms with Crippen LogP contribution in [0.2, 0.25) is 0 Å². The molecule has 0 aliphatic carbocycles. The molecule has 2 aliphatic heterocycles. The Morgan fingerprint density at radius 1 is 0.902 bits per heavy atom. The van der Waals surface area contributed by atoms with Gasteiger partial charge < -0.3 is 14.2 Å². The van der Waals surface area contributed by atoms with E-state index in [1.807, 2.05) is 81.4 Å². The van der Waals surface area contributed by atoms with E-state index in [9.17, 15) is 8.42 Å². The molecule has 0 spiro atoms. The Balaban J connectivity index is 1.41. The number of benzene rings is 3. The van der Waals surface area contributed by atoms with Crippen molar-refractivity contribution in [2.75, 3.05) is 37.2 Å². The molecule has 41 heavy (non-hydrogen) atoms. The van der Waals surface area contributed by atoms with Crippen LogP contribution in [0.3, 0.4) is 0 Å². The Kier molecular flexibility index (Phi) is 9.53. The maximum atomic E-state index is 14.3. The van der Waals surface area contributed by atoms with Crippen molar-refractivity contribution in [2.24, 2.45) is 0 Å².